The van der Waals surface area contributed by atoms with Gasteiger partial charge in [0, 0.05) is 23.0 Å². The molecule has 6 nitrogen and oxygen atoms in total. The number of halogens is 2. The molecular formula is C22H25Cl2N3O3. The van der Waals surface area contributed by atoms with Crippen LogP contribution in [0.1, 0.15) is 36.5 Å². The zero-order valence-corrected chi connectivity index (χ0v) is 18.2. The van der Waals surface area contributed by atoms with Crippen molar-refractivity contribution in [3.8, 4) is 0 Å². The number of carbonyl (C=O) groups excluding carboxylic acids is 2. The van der Waals surface area contributed by atoms with Crippen LogP contribution < -0.4 is 16.4 Å². The molecule has 2 aromatic rings. The van der Waals surface area contributed by atoms with Crippen molar-refractivity contribution in [1.82, 2.24) is 10.6 Å². The lowest BCUT2D eigenvalue weighted by Gasteiger charge is -2.30. The lowest BCUT2D eigenvalue weighted by Crippen LogP contribution is -2.57. The van der Waals surface area contributed by atoms with Gasteiger partial charge in [-0.1, -0.05) is 41.4 Å². The summed E-state index contributed by atoms with van der Waals surface area (Å²) in [5, 5.41) is 17.9. The van der Waals surface area contributed by atoms with Crippen molar-refractivity contribution in [2.24, 2.45) is 5.73 Å². The zero-order chi connectivity index (χ0) is 21.9. The number of nitrogens with one attached hydrogen (secondary N) is 2. The SMILES string of the molecule is C[C@@]1(C(=O)NC(=O)[C@@](O)(Cc2cc(Cl)ccc2CN)c2cccc(Cl)c2)CCCN1. The Morgan fingerprint density at radius 2 is 1.93 bits per heavy atom. The third kappa shape index (κ3) is 4.68. The monoisotopic (exact) mass is 449 g/mol. The van der Waals surface area contributed by atoms with Gasteiger partial charge in [-0.15, -0.1) is 0 Å². The van der Waals surface area contributed by atoms with E-state index in [0.717, 1.165) is 12.0 Å². The summed E-state index contributed by atoms with van der Waals surface area (Å²) < 4.78 is 0. The van der Waals surface area contributed by atoms with E-state index in [2.05, 4.69) is 10.6 Å². The van der Waals surface area contributed by atoms with Gasteiger partial charge in [-0.05, 0) is 67.3 Å². The van der Waals surface area contributed by atoms with E-state index in [-0.39, 0.29) is 18.5 Å². The lowest BCUT2D eigenvalue weighted by atomic mass is 9.84. The maximum absolute atomic E-state index is 13.3. The molecule has 1 aliphatic heterocycles. The molecule has 1 heterocycles. The minimum absolute atomic E-state index is 0.121. The molecule has 2 atom stereocenters. The Balaban J connectivity index is 1.99. The van der Waals surface area contributed by atoms with Crippen LogP contribution in [0.25, 0.3) is 0 Å². The molecule has 0 aliphatic carbocycles. The second-order valence-corrected chi connectivity index (χ2v) is 8.68. The third-order valence-electron chi connectivity index (χ3n) is 5.61. The van der Waals surface area contributed by atoms with Crippen molar-refractivity contribution in [2.45, 2.75) is 43.9 Å². The highest BCUT2D eigenvalue weighted by atomic mass is 35.5. The number of nitrogens with two attached hydrogens (primary N) is 1. The summed E-state index contributed by atoms with van der Waals surface area (Å²) in [6, 6.07) is 11.5. The summed E-state index contributed by atoms with van der Waals surface area (Å²) >= 11 is 12.2. The van der Waals surface area contributed by atoms with Crippen LogP contribution in [0.15, 0.2) is 42.5 Å². The molecule has 1 saturated heterocycles. The summed E-state index contributed by atoms with van der Waals surface area (Å²) in [7, 11) is 0. The van der Waals surface area contributed by atoms with E-state index >= 15 is 0 Å². The number of hydrogen-bond acceptors (Lipinski definition) is 5. The van der Waals surface area contributed by atoms with Gasteiger partial charge in [-0.2, -0.15) is 0 Å². The van der Waals surface area contributed by atoms with Crippen molar-refractivity contribution < 1.29 is 14.7 Å². The highest BCUT2D eigenvalue weighted by Crippen LogP contribution is 2.31. The van der Waals surface area contributed by atoms with Crippen LogP contribution in [-0.4, -0.2) is 29.0 Å². The van der Waals surface area contributed by atoms with Crippen LogP contribution in [0.4, 0.5) is 0 Å². The third-order valence-corrected chi connectivity index (χ3v) is 6.08. The summed E-state index contributed by atoms with van der Waals surface area (Å²) in [6.07, 6.45) is 1.32. The highest BCUT2D eigenvalue weighted by Gasteiger charge is 2.43. The Labute approximate surface area is 185 Å². The molecule has 30 heavy (non-hydrogen) atoms. The summed E-state index contributed by atoms with van der Waals surface area (Å²) in [5.41, 5.74) is 4.54. The van der Waals surface area contributed by atoms with Gasteiger partial charge in [0.2, 0.25) is 5.91 Å². The van der Waals surface area contributed by atoms with Crippen LogP contribution in [0.5, 0.6) is 0 Å². The second kappa shape index (κ2) is 9.04. The minimum Gasteiger partial charge on any atom is -0.375 e. The van der Waals surface area contributed by atoms with Crippen molar-refractivity contribution >= 4 is 35.0 Å². The molecule has 0 unspecified atom stereocenters. The normalized spacial score (nSPS) is 20.6. The van der Waals surface area contributed by atoms with Crippen molar-refractivity contribution in [1.29, 1.82) is 0 Å². The van der Waals surface area contributed by atoms with Gasteiger partial charge in [0.15, 0.2) is 5.60 Å². The van der Waals surface area contributed by atoms with Gasteiger partial charge in [0.1, 0.15) is 0 Å². The fourth-order valence-electron chi connectivity index (χ4n) is 3.73. The minimum atomic E-state index is -2.05. The van der Waals surface area contributed by atoms with E-state index in [0.29, 0.717) is 28.6 Å². The fraction of sp³-hybridized carbons (Fsp3) is 0.364. The molecule has 2 aromatic carbocycles. The first-order chi connectivity index (χ1) is 14.2. The molecule has 0 radical (unpaired) electrons. The molecule has 0 spiro atoms. The zero-order valence-electron chi connectivity index (χ0n) is 16.7. The van der Waals surface area contributed by atoms with E-state index in [1.165, 1.54) is 6.07 Å². The van der Waals surface area contributed by atoms with E-state index < -0.39 is 23.0 Å². The number of imide groups is 1. The second-order valence-electron chi connectivity index (χ2n) is 7.81. The lowest BCUT2D eigenvalue weighted by molar-refractivity contribution is -0.146. The molecule has 5 N–H and O–H groups in total. The Morgan fingerprint density at radius 1 is 1.20 bits per heavy atom. The summed E-state index contributed by atoms with van der Waals surface area (Å²) in [6.45, 7) is 2.64. The molecule has 0 saturated carbocycles. The standard InChI is InChI=1S/C22H25Cl2N3O3/c1-21(8-3-9-26-21)19(28)27-20(29)22(30,16-4-2-5-17(23)11-16)12-15-10-18(24)7-6-14(15)13-25/h2,4-7,10-11,26,30H,3,8-9,12-13,25H2,1H3,(H,27,28,29)/t21-,22+/m0/s1. The predicted octanol–water partition coefficient (Wildman–Crippen LogP) is 2.67. The quantitative estimate of drug-likeness (QED) is 0.542. The summed E-state index contributed by atoms with van der Waals surface area (Å²) in [4.78, 5) is 26.0. The van der Waals surface area contributed by atoms with E-state index in [1.807, 2.05) is 0 Å². The summed E-state index contributed by atoms with van der Waals surface area (Å²) in [5.74, 6) is -1.30. The molecule has 1 fully saturated rings. The van der Waals surface area contributed by atoms with Gasteiger partial charge in [-0.3, -0.25) is 14.9 Å². The molecule has 2 amide bonds. The fourth-order valence-corrected chi connectivity index (χ4v) is 4.11. The van der Waals surface area contributed by atoms with E-state index in [4.69, 9.17) is 28.9 Å². The molecule has 1 aliphatic rings. The number of amides is 2. The first-order valence-electron chi connectivity index (χ1n) is 9.75. The van der Waals surface area contributed by atoms with E-state index in [1.54, 1.807) is 43.3 Å². The first-order valence-corrected chi connectivity index (χ1v) is 10.5. The maximum atomic E-state index is 13.3. The number of aliphatic hydroxyl groups is 1. The van der Waals surface area contributed by atoms with Crippen molar-refractivity contribution in [3.63, 3.8) is 0 Å². The largest absolute Gasteiger partial charge is 0.375 e. The van der Waals surface area contributed by atoms with Gasteiger partial charge in [0.25, 0.3) is 5.91 Å². The Kier molecular flexibility index (Phi) is 6.84. The topological polar surface area (TPSA) is 104 Å². The Bertz CT molecular complexity index is 960. The van der Waals surface area contributed by atoms with E-state index in [9.17, 15) is 14.7 Å². The number of rotatable bonds is 6. The average Bonchev–Trinajstić information content (AvgIpc) is 3.16. The number of benzene rings is 2. The van der Waals surface area contributed by atoms with Gasteiger partial charge in [-0.25, -0.2) is 0 Å². The Hall–Kier alpha value is -1.96. The molecular weight excluding hydrogens is 425 g/mol. The van der Waals surface area contributed by atoms with Gasteiger partial charge in [0.05, 0.1) is 5.54 Å². The Morgan fingerprint density at radius 3 is 2.57 bits per heavy atom. The van der Waals surface area contributed by atoms with Crippen molar-refractivity contribution in [3.05, 3.63) is 69.2 Å². The van der Waals surface area contributed by atoms with Crippen LogP contribution in [-0.2, 0) is 28.2 Å². The van der Waals surface area contributed by atoms with Crippen molar-refractivity contribution in [2.75, 3.05) is 6.54 Å². The smallest absolute Gasteiger partial charge is 0.263 e. The van der Waals surface area contributed by atoms with Gasteiger partial charge >= 0.3 is 0 Å². The molecule has 8 heteroatoms. The molecule has 3 rings (SSSR count). The molecule has 0 bridgehead atoms. The average molecular weight is 450 g/mol. The molecule has 0 aromatic heterocycles. The first kappa shape index (κ1) is 22.7. The van der Waals surface area contributed by atoms with Crippen LogP contribution in [0.3, 0.4) is 0 Å². The van der Waals surface area contributed by atoms with Gasteiger partial charge < -0.3 is 16.2 Å². The number of carbonyl (C=O) groups is 2. The van der Waals surface area contributed by atoms with Crippen LogP contribution >= 0.6 is 23.2 Å². The predicted molar refractivity (Wildman–Crippen MR) is 117 cm³/mol. The maximum Gasteiger partial charge on any atom is 0.263 e. The molecule has 160 valence electrons. The highest BCUT2D eigenvalue weighted by molar-refractivity contribution is 6.31. The van der Waals surface area contributed by atoms with Crippen LogP contribution in [0.2, 0.25) is 10.0 Å². The van der Waals surface area contributed by atoms with Crippen LogP contribution in [0, 0.1) is 0 Å². The number of hydrogen-bond donors (Lipinski definition) is 4.